The average Bonchev–Trinajstić information content (AvgIpc) is 3.24. The van der Waals surface area contributed by atoms with Crippen molar-refractivity contribution < 1.29 is 14.3 Å². The number of hydrogen-bond acceptors (Lipinski definition) is 5. The van der Waals surface area contributed by atoms with E-state index in [2.05, 4.69) is 41.8 Å². The van der Waals surface area contributed by atoms with Crippen molar-refractivity contribution in [1.29, 1.82) is 0 Å². The largest absolute Gasteiger partial charge is 0.504 e. The summed E-state index contributed by atoms with van der Waals surface area (Å²) in [5.41, 5.74) is 3.35. The molecule has 0 fully saturated rings. The number of halogens is 3. The average molecular weight is 587 g/mol. The Labute approximate surface area is 210 Å². The van der Waals surface area contributed by atoms with E-state index in [0.717, 1.165) is 20.8 Å². The first kappa shape index (κ1) is 21.9. The third-order valence-corrected chi connectivity index (χ3v) is 7.57. The van der Waals surface area contributed by atoms with Crippen LogP contribution in [0.2, 0.25) is 5.02 Å². The summed E-state index contributed by atoms with van der Waals surface area (Å²) >= 11 is 13.3. The summed E-state index contributed by atoms with van der Waals surface area (Å²) in [6.45, 7) is 0. The minimum atomic E-state index is -0.00394. The highest BCUT2D eigenvalue weighted by molar-refractivity contribution is 9.13. The maximum Gasteiger partial charge on any atom is 0.227 e. The number of ether oxygens (including phenoxy) is 1. The Hall–Kier alpha value is -2.87. The molecule has 0 aliphatic rings. The van der Waals surface area contributed by atoms with Crippen molar-refractivity contribution >= 4 is 77.2 Å². The fraction of sp³-hybridized carbons (Fsp3) is 0.0400. The van der Waals surface area contributed by atoms with Gasteiger partial charge < -0.3 is 14.3 Å². The summed E-state index contributed by atoms with van der Waals surface area (Å²) < 4.78 is 12.7. The van der Waals surface area contributed by atoms with Gasteiger partial charge in [0.1, 0.15) is 5.52 Å². The molecule has 0 atom stereocenters. The van der Waals surface area contributed by atoms with Gasteiger partial charge in [-0.1, -0.05) is 35.9 Å². The van der Waals surface area contributed by atoms with Crippen LogP contribution in [0.5, 0.6) is 11.5 Å². The zero-order valence-electron chi connectivity index (χ0n) is 17.1. The summed E-state index contributed by atoms with van der Waals surface area (Å²) in [5, 5.41) is 13.1. The third kappa shape index (κ3) is 4.01. The summed E-state index contributed by atoms with van der Waals surface area (Å²) in [4.78, 5) is 9.20. The van der Waals surface area contributed by atoms with Crippen LogP contribution in [0.1, 0.15) is 5.56 Å². The second-order valence-electron chi connectivity index (χ2n) is 7.21. The number of oxazole rings is 1. The molecule has 1 heterocycles. The molecule has 5 rings (SSSR count). The molecular formula is C25H15Br2ClN2O3. The Kier molecular flexibility index (Phi) is 5.86. The maximum atomic E-state index is 10.5. The molecule has 0 aliphatic carbocycles. The normalized spacial score (nSPS) is 11.6. The van der Waals surface area contributed by atoms with Gasteiger partial charge in [-0.25, -0.2) is 4.98 Å². The molecule has 5 aromatic rings. The summed E-state index contributed by atoms with van der Waals surface area (Å²) in [7, 11) is 1.50. The molecular weight excluding hydrogens is 572 g/mol. The number of nitrogens with zero attached hydrogens (tertiary/aromatic N) is 2. The summed E-state index contributed by atoms with van der Waals surface area (Å²) in [6.07, 6.45) is 1.57. The molecule has 0 radical (unpaired) electrons. The molecule has 33 heavy (non-hydrogen) atoms. The molecule has 4 aromatic carbocycles. The number of phenolic OH excluding ortho intramolecular Hbond substituents is 1. The third-order valence-electron chi connectivity index (χ3n) is 5.23. The number of aromatic nitrogens is 1. The van der Waals surface area contributed by atoms with Crippen LogP contribution in [0.15, 0.2) is 79.0 Å². The molecule has 0 saturated carbocycles. The Bertz CT molecular complexity index is 1560. The van der Waals surface area contributed by atoms with Crippen molar-refractivity contribution in [1.82, 2.24) is 4.98 Å². The first-order valence-electron chi connectivity index (χ1n) is 9.83. The summed E-state index contributed by atoms with van der Waals surface area (Å²) in [6, 6.07) is 18.8. The lowest BCUT2D eigenvalue weighted by molar-refractivity contribution is 0.372. The van der Waals surface area contributed by atoms with E-state index in [-0.39, 0.29) is 5.75 Å². The van der Waals surface area contributed by atoms with Gasteiger partial charge in [0, 0.05) is 31.1 Å². The molecule has 0 unspecified atom stereocenters. The predicted octanol–water partition coefficient (Wildman–Crippen LogP) is 8.29. The van der Waals surface area contributed by atoms with Gasteiger partial charge in [-0.2, -0.15) is 0 Å². The van der Waals surface area contributed by atoms with Crippen molar-refractivity contribution in [3.05, 3.63) is 80.2 Å². The minimum Gasteiger partial charge on any atom is -0.504 e. The molecule has 0 amide bonds. The first-order chi connectivity index (χ1) is 16.0. The molecule has 0 saturated heterocycles. The van der Waals surface area contributed by atoms with Crippen LogP contribution in [0.25, 0.3) is 33.3 Å². The molecule has 164 valence electrons. The summed E-state index contributed by atoms with van der Waals surface area (Å²) in [5.74, 6) is 0.852. The lowest BCUT2D eigenvalue weighted by Gasteiger charge is -2.09. The number of fused-ring (bicyclic) bond motifs is 2. The van der Waals surface area contributed by atoms with Crippen LogP contribution in [0, 0.1) is 0 Å². The van der Waals surface area contributed by atoms with Gasteiger partial charge in [0.05, 0.1) is 18.4 Å². The van der Waals surface area contributed by atoms with Crippen molar-refractivity contribution in [3.8, 4) is 23.0 Å². The zero-order valence-corrected chi connectivity index (χ0v) is 21.1. The molecule has 1 N–H and O–H groups in total. The molecule has 5 nitrogen and oxygen atoms in total. The van der Waals surface area contributed by atoms with Gasteiger partial charge in [-0.05, 0) is 73.6 Å². The number of rotatable bonds is 4. The van der Waals surface area contributed by atoms with E-state index in [1.54, 1.807) is 12.3 Å². The first-order valence-corrected chi connectivity index (χ1v) is 11.8. The van der Waals surface area contributed by atoms with Crippen LogP contribution in [0.4, 0.5) is 5.69 Å². The predicted molar refractivity (Wildman–Crippen MR) is 139 cm³/mol. The Morgan fingerprint density at radius 3 is 2.67 bits per heavy atom. The zero-order chi connectivity index (χ0) is 23.1. The lowest BCUT2D eigenvalue weighted by Crippen LogP contribution is -1.91. The molecule has 0 aliphatic heterocycles. The number of phenols is 1. The number of aromatic hydroxyl groups is 1. The molecule has 8 heteroatoms. The number of aliphatic imine (C=N–C) groups is 1. The van der Waals surface area contributed by atoms with Crippen molar-refractivity contribution in [3.63, 3.8) is 0 Å². The molecule has 1 aromatic heterocycles. The van der Waals surface area contributed by atoms with E-state index in [0.29, 0.717) is 43.5 Å². The van der Waals surface area contributed by atoms with Gasteiger partial charge in [0.15, 0.2) is 17.1 Å². The quantitative estimate of drug-likeness (QED) is 0.215. The van der Waals surface area contributed by atoms with Gasteiger partial charge in [0.25, 0.3) is 0 Å². The van der Waals surface area contributed by atoms with Gasteiger partial charge in [0.2, 0.25) is 5.89 Å². The second kappa shape index (κ2) is 8.82. The van der Waals surface area contributed by atoms with E-state index in [1.165, 1.54) is 7.11 Å². The van der Waals surface area contributed by atoms with Crippen LogP contribution in [-0.2, 0) is 0 Å². The fourth-order valence-electron chi connectivity index (χ4n) is 3.59. The van der Waals surface area contributed by atoms with Crippen LogP contribution < -0.4 is 4.74 Å². The maximum absolute atomic E-state index is 10.5. The Balaban J connectivity index is 1.55. The van der Waals surface area contributed by atoms with Gasteiger partial charge in [-0.3, -0.25) is 4.99 Å². The van der Waals surface area contributed by atoms with E-state index in [1.807, 2.05) is 54.6 Å². The minimum absolute atomic E-state index is 0.00394. The Morgan fingerprint density at radius 1 is 1.06 bits per heavy atom. The highest BCUT2D eigenvalue weighted by atomic mass is 79.9. The number of hydrogen-bond donors (Lipinski definition) is 1. The van der Waals surface area contributed by atoms with Gasteiger partial charge >= 0.3 is 0 Å². The smallest absolute Gasteiger partial charge is 0.227 e. The fourth-order valence-corrected chi connectivity index (χ4v) is 4.66. The van der Waals surface area contributed by atoms with E-state index in [9.17, 15) is 5.11 Å². The van der Waals surface area contributed by atoms with Crippen LogP contribution >= 0.6 is 43.5 Å². The van der Waals surface area contributed by atoms with E-state index >= 15 is 0 Å². The van der Waals surface area contributed by atoms with Crippen molar-refractivity contribution in [2.75, 3.05) is 7.11 Å². The van der Waals surface area contributed by atoms with E-state index < -0.39 is 0 Å². The standard InChI is InChI=1S/C25H15Br2ClN2O3/c1-32-22-11-18(26)23(27)17(24(22)31)12-29-13-8-9-21-20(10-13)30-25(33-21)16-6-2-5-15-14(16)4-3-7-19(15)28/h2-12,31H,1H3. The van der Waals surface area contributed by atoms with Crippen LogP contribution in [-0.4, -0.2) is 23.4 Å². The second-order valence-corrected chi connectivity index (χ2v) is 9.26. The molecule has 0 spiro atoms. The number of benzene rings is 4. The topological polar surface area (TPSA) is 67.9 Å². The SMILES string of the molecule is COc1cc(Br)c(Br)c(C=Nc2ccc3oc(-c4cccc5c(Cl)cccc45)nc3c2)c1O. The highest BCUT2D eigenvalue weighted by Gasteiger charge is 2.15. The van der Waals surface area contributed by atoms with Gasteiger partial charge in [-0.15, -0.1) is 0 Å². The lowest BCUT2D eigenvalue weighted by atomic mass is 10.0. The number of methoxy groups -OCH3 is 1. The molecule has 0 bridgehead atoms. The van der Waals surface area contributed by atoms with Crippen molar-refractivity contribution in [2.45, 2.75) is 0 Å². The van der Waals surface area contributed by atoms with Crippen molar-refractivity contribution in [2.24, 2.45) is 4.99 Å². The van der Waals surface area contributed by atoms with Crippen LogP contribution in [0.3, 0.4) is 0 Å². The monoisotopic (exact) mass is 584 g/mol. The highest BCUT2D eigenvalue weighted by Crippen LogP contribution is 2.40. The Morgan fingerprint density at radius 2 is 1.85 bits per heavy atom. The van der Waals surface area contributed by atoms with E-state index in [4.69, 9.17) is 20.8 Å².